The first-order valence-corrected chi connectivity index (χ1v) is 8.62. The second kappa shape index (κ2) is 6.45. The maximum atomic E-state index is 12.3. The van der Waals surface area contributed by atoms with E-state index in [1.54, 1.807) is 6.07 Å². The lowest BCUT2D eigenvalue weighted by molar-refractivity contribution is 0.0929. The molecule has 3 aromatic rings. The number of hydrogen-bond acceptors (Lipinski definition) is 6. The molecular formula is C21H18N2O5. The van der Waals surface area contributed by atoms with Crippen molar-refractivity contribution in [2.75, 3.05) is 0 Å². The fraction of sp³-hybridized carbons (Fsp3) is 0.143. The second-order valence-electron chi connectivity index (χ2n) is 7.03. The second-order valence-corrected chi connectivity index (χ2v) is 7.03. The van der Waals surface area contributed by atoms with Crippen molar-refractivity contribution in [3.8, 4) is 17.2 Å². The molecule has 28 heavy (non-hydrogen) atoms. The predicted octanol–water partition coefficient (Wildman–Crippen LogP) is 3.79. The minimum Gasteiger partial charge on any atom is -0.508 e. The van der Waals surface area contributed by atoms with Crippen LogP contribution in [0, 0.1) is 0 Å². The monoisotopic (exact) mass is 378 g/mol. The summed E-state index contributed by atoms with van der Waals surface area (Å²) in [6.45, 7) is 3.92. The van der Waals surface area contributed by atoms with E-state index in [1.165, 1.54) is 24.4 Å². The van der Waals surface area contributed by atoms with Crippen LogP contribution in [0.3, 0.4) is 0 Å². The van der Waals surface area contributed by atoms with Crippen LogP contribution in [0.15, 0.2) is 52.0 Å². The molecule has 2 heterocycles. The van der Waals surface area contributed by atoms with Gasteiger partial charge in [-0.25, -0.2) is 5.43 Å². The quantitative estimate of drug-likeness (QED) is 0.475. The van der Waals surface area contributed by atoms with Gasteiger partial charge >= 0.3 is 5.91 Å². The molecule has 1 aliphatic rings. The standard InChI is InChI=1S/C21H18N2O5/c1-21(2)6-5-16-17(28-21)4-3-13-9-18(27-19(13)16)20(26)23-22-11-12-7-14(24)10-15(25)8-12/h3-11,24-25H,1-2H3,(H,23,26)/b22-11+. The van der Waals surface area contributed by atoms with E-state index in [0.717, 1.165) is 10.9 Å². The zero-order valence-electron chi connectivity index (χ0n) is 15.3. The Kier molecular flexibility index (Phi) is 4.07. The van der Waals surface area contributed by atoms with Crippen molar-refractivity contribution in [2.24, 2.45) is 5.10 Å². The molecule has 7 nitrogen and oxygen atoms in total. The largest absolute Gasteiger partial charge is 0.508 e. The van der Waals surface area contributed by atoms with E-state index in [9.17, 15) is 15.0 Å². The SMILES string of the molecule is CC1(C)C=Cc2c(ccc3cc(C(=O)N/N=C/c4cc(O)cc(O)c4)oc23)O1. The molecule has 1 amide bonds. The Hall–Kier alpha value is -3.74. The Labute approximate surface area is 160 Å². The number of carbonyl (C=O) groups is 1. The number of ether oxygens (including phenoxy) is 1. The van der Waals surface area contributed by atoms with Gasteiger partial charge in [-0.05, 0) is 56.3 Å². The van der Waals surface area contributed by atoms with E-state index >= 15 is 0 Å². The lowest BCUT2D eigenvalue weighted by atomic mass is 10.0. The van der Waals surface area contributed by atoms with Gasteiger partial charge in [0.25, 0.3) is 0 Å². The first-order valence-electron chi connectivity index (χ1n) is 8.62. The van der Waals surface area contributed by atoms with Crippen molar-refractivity contribution in [1.29, 1.82) is 0 Å². The number of fused-ring (bicyclic) bond motifs is 3. The third-order valence-corrected chi connectivity index (χ3v) is 4.24. The number of nitrogens with one attached hydrogen (secondary N) is 1. The summed E-state index contributed by atoms with van der Waals surface area (Å²) in [5.41, 5.74) is 3.75. The van der Waals surface area contributed by atoms with E-state index in [0.29, 0.717) is 16.9 Å². The van der Waals surface area contributed by atoms with Crippen LogP contribution in [0.4, 0.5) is 0 Å². The van der Waals surface area contributed by atoms with Gasteiger partial charge < -0.3 is 19.4 Å². The predicted molar refractivity (Wildman–Crippen MR) is 105 cm³/mol. The maximum Gasteiger partial charge on any atom is 0.307 e. The summed E-state index contributed by atoms with van der Waals surface area (Å²) < 4.78 is 11.7. The summed E-state index contributed by atoms with van der Waals surface area (Å²) in [6, 6.07) is 9.32. The van der Waals surface area contributed by atoms with E-state index < -0.39 is 11.5 Å². The van der Waals surface area contributed by atoms with Crippen LogP contribution in [0.1, 0.15) is 35.5 Å². The average Bonchev–Trinajstić information content (AvgIpc) is 3.04. The highest BCUT2D eigenvalue weighted by molar-refractivity contribution is 5.99. The molecule has 0 spiro atoms. The molecule has 7 heteroatoms. The van der Waals surface area contributed by atoms with E-state index in [2.05, 4.69) is 10.5 Å². The van der Waals surface area contributed by atoms with Crippen molar-refractivity contribution in [3.05, 3.63) is 59.4 Å². The smallest absolute Gasteiger partial charge is 0.307 e. The fourth-order valence-electron chi connectivity index (χ4n) is 2.98. The summed E-state index contributed by atoms with van der Waals surface area (Å²) in [4.78, 5) is 12.3. The molecule has 0 fully saturated rings. The third-order valence-electron chi connectivity index (χ3n) is 4.24. The normalized spacial score (nSPS) is 14.8. The first-order chi connectivity index (χ1) is 13.3. The number of hydrazone groups is 1. The van der Waals surface area contributed by atoms with Gasteiger partial charge in [-0.2, -0.15) is 5.10 Å². The highest BCUT2D eigenvalue weighted by Gasteiger charge is 2.24. The number of rotatable bonds is 3. The van der Waals surface area contributed by atoms with Crippen LogP contribution < -0.4 is 10.2 Å². The first kappa shape index (κ1) is 17.7. The van der Waals surface area contributed by atoms with Gasteiger partial charge in [0.2, 0.25) is 0 Å². The van der Waals surface area contributed by atoms with Crippen molar-refractivity contribution in [3.63, 3.8) is 0 Å². The molecule has 142 valence electrons. The Balaban J connectivity index is 1.56. The van der Waals surface area contributed by atoms with Gasteiger partial charge in [-0.15, -0.1) is 0 Å². The number of hydrogen-bond donors (Lipinski definition) is 3. The molecule has 0 atom stereocenters. The average molecular weight is 378 g/mol. The van der Waals surface area contributed by atoms with Crippen molar-refractivity contribution < 1.29 is 24.2 Å². The number of furan rings is 1. The highest BCUT2D eigenvalue weighted by Crippen LogP contribution is 2.37. The highest BCUT2D eigenvalue weighted by atomic mass is 16.5. The van der Waals surface area contributed by atoms with Crippen LogP contribution >= 0.6 is 0 Å². The van der Waals surface area contributed by atoms with Gasteiger partial charge in [0.1, 0.15) is 28.4 Å². The molecule has 0 saturated heterocycles. The van der Waals surface area contributed by atoms with Crippen LogP contribution in [-0.2, 0) is 0 Å². The number of amides is 1. The summed E-state index contributed by atoms with van der Waals surface area (Å²) in [5.74, 6) is 0.0775. The van der Waals surface area contributed by atoms with E-state index in [1.807, 2.05) is 38.1 Å². The minimum absolute atomic E-state index is 0.103. The van der Waals surface area contributed by atoms with Crippen molar-refractivity contribution in [2.45, 2.75) is 19.4 Å². The van der Waals surface area contributed by atoms with E-state index in [-0.39, 0.29) is 17.3 Å². The number of nitrogens with zero attached hydrogens (tertiary/aromatic N) is 1. The summed E-state index contributed by atoms with van der Waals surface area (Å²) >= 11 is 0. The summed E-state index contributed by atoms with van der Waals surface area (Å²) in [5, 5.41) is 23.5. The van der Waals surface area contributed by atoms with Crippen molar-refractivity contribution in [1.82, 2.24) is 5.43 Å². The van der Waals surface area contributed by atoms with Gasteiger partial charge in [-0.3, -0.25) is 4.79 Å². The van der Waals surface area contributed by atoms with Crippen LogP contribution in [0.2, 0.25) is 0 Å². The molecule has 4 rings (SSSR count). The van der Waals surface area contributed by atoms with E-state index in [4.69, 9.17) is 9.15 Å². The molecule has 0 aliphatic carbocycles. The lowest BCUT2D eigenvalue weighted by Crippen LogP contribution is -2.27. The fourth-order valence-corrected chi connectivity index (χ4v) is 2.98. The maximum absolute atomic E-state index is 12.3. The Morgan fingerprint density at radius 2 is 1.89 bits per heavy atom. The molecule has 1 aromatic heterocycles. The molecule has 3 N–H and O–H groups in total. The molecule has 0 bridgehead atoms. The Morgan fingerprint density at radius 1 is 1.14 bits per heavy atom. The van der Waals surface area contributed by atoms with Crippen LogP contribution in [-0.4, -0.2) is 27.9 Å². The number of benzene rings is 2. The Bertz CT molecular complexity index is 1120. The zero-order chi connectivity index (χ0) is 19.9. The van der Waals surface area contributed by atoms with Gasteiger partial charge in [0.15, 0.2) is 5.76 Å². The number of carbonyl (C=O) groups excluding carboxylic acids is 1. The topological polar surface area (TPSA) is 104 Å². The van der Waals surface area contributed by atoms with Crippen LogP contribution in [0.25, 0.3) is 17.0 Å². The third kappa shape index (κ3) is 3.42. The molecule has 0 radical (unpaired) electrons. The molecule has 2 aromatic carbocycles. The van der Waals surface area contributed by atoms with Gasteiger partial charge in [0, 0.05) is 17.0 Å². The summed E-state index contributed by atoms with van der Waals surface area (Å²) in [6.07, 6.45) is 5.17. The van der Waals surface area contributed by atoms with Gasteiger partial charge in [-0.1, -0.05) is 0 Å². The molecule has 1 aliphatic heterocycles. The number of aromatic hydroxyl groups is 2. The summed E-state index contributed by atoms with van der Waals surface area (Å²) in [7, 11) is 0. The van der Waals surface area contributed by atoms with Crippen LogP contribution in [0.5, 0.6) is 17.2 Å². The minimum atomic E-state index is -0.522. The molecule has 0 saturated carbocycles. The molecular weight excluding hydrogens is 360 g/mol. The lowest BCUT2D eigenvalue weighted by Gasteiger charge is -2.27. The van der Waals surface area contributed by atoms with Crippen molar-refractivity contribution >= 4 is 29.2 Å². The van der Waals surface area contributed by atoms with Gasteiger partial charge in [0.05, 0.1) is 11.8 Å². The molecule has 0 unspecified atom stereocenters. The number of phenolic OH excluding ortho intramolecular Hbond substituents is 2. The number of phenols is 2. The Morgan fingerprint density at radius 3 is 2.64 bits per heavy atom. The zero-order valence-corrected chi connectivity index (χ0v) is 15.3.